The highest BCUT2D eigenvalue weighted by Crippen LogP contribution is 2.18. The van der Waals surface area contributed by atoms with Crippen LogP contribution in [0.15, 0.2) is 12.3 Å². The Hall–Kier alpha value is -1.69. The number of aromatic nitrogens is 1. The molecule has 0 aliphatic carbocycles. The Kier molecular flexibility index (Phi) is 3.23. The van der Waals surface area contributed by atoms with Crippen molar-refractivity contribution in [1.29, 1.82) is 0 Å². The Balaban J connectivity index is 2.01. The van der Waals surface area contributed by atoms with E-state index in [1.807, 2.05) is 7.05 Å². The fourth-order valence-electron chi connectivity index (χ4n) is 1.65. The molecule has 0 bridgehead atoms. The van der Waals surface area contributed by atoms with Gasteiger partial charge in [0.1, 0.15) is 12.4 Å². The second-order valence-electron chi connectivity index (χ2n) is 4.11. The number of likely N-dealkylation sites (N-methyl/N-ethyl adjacent to an activating group) is 1. The van der Waals surface area contributed by atoms with Crippen molar-refractivity contribution in [3.63, 3.8) is 0 Å². The van der Waals surface area contributed by atoms with Crippen molar-refractivity contribution in [3.8, 4) is 5.75 Å². The van der Waals surface area contributed by atoms with Gasteiger partial charge in [-0.2, -0.15) is 4.39 Å². The van der Waals surface area contributed by atoms with Crippen LogP contribution in [0.4, 0.5) is 4.39 Å². The number of carbonyl (C=O) groups excluding carboxylic acids is 1. The molecule has 5 nitrogen and oxygen atoms in total. The Bertz CT molecular complexity index is 439. The molecule has 1 atom stereocenters. The number of nitrogens with two attached hydrogens (primary N) is 1. The summed E-state index contributed by atoms with van der Waals surface area (Å²) in [4.78, 5) is 16.5. The molecule has 17 heavy (non-hydrogen) atoms. The van der Waals surface area contributed by atoms with E-state index in [1.165, 1.54) is 12.3 Å². The second-order valence-corrected chi connectivity index (χ2v) is 4.11. The molecule has 1 amide bonds. The lowest BCUT2D eigenvalue weighted by Gasteiger charge is -2.37. The first-order valence-electron chi connectivity index (χ1n) is 5.36. The molecule has 2 N–H and O–H groups in total. The van der Waals surface area contributed by atoms with Crippen LogP contribution in [0.25, 0.3) is 0 Å². The quantitative estimate of drug-likeness (QED) is 0.772. The van der Waals surface area contributed by atoms with Gasteiger partial charge in [0, 0.05) is 6.04 Å². The third kappa shape index (κ3) is 2.52. The van der Waals surface area contributed by atoms with E-state index in [4.69, 9.17) is 10.5 Å². The zero-order valence-electron chi connectivity index (χ0n) is 9.52. The van der Waals surface area contributed by atoms with Crippen molar-refractivity contribution in [1.82, 2.24) is 9.88 Å². The van der Waals surface area contributed by atoms with Crippen LogP contribution in [0.3, 0.4) is 0 Å². The van der Waals surface area contributed by atoms with Gasteiger partial charge in [-0.25, -0.2) is 4.98 Å². The highest BCUT2D eigenvalue weighted by Gasteiger charge is 2.24. The molecule has 1 aliphatic rings. The topological polar surface area (TPSA) is 68.4 Å². The molecule has 6 heteroatoms. The van der Waals surface area contributed by atoms with Crippen LogP contribution in [0.2, 0.25) is 0 Å². The first kappa shape index (κ1) is 11.8. The number of ether oxygens (including phenoxy) is 1. The minimum absolute atomic E-state index is 0.246. The third-order valence-corrected chi connectivity index (χ3v) is 2.96. The maximum Gasteiger partial charge on any atom is 0.253 e. The smallest absolute Gasteiger partial charge is 0.253 e. The van der Waals surface area contributed by atoms with Crippen LogP contribution in [0.1, 0.15) is 16.8 Å². The molecular weight excluding hydrogens is 225 g/mol. The number of likely N-dealkylation sites (tertiary alicyclic amines) is 1. The fourth-order valence-corrected chi connectivity index (χ4v) is 1.65. The highest BCUT2D eigenvalue weighted by atomic mass is 19.1. The van der Waals surface area contributed by atoms with Gasteiger partial charge in [0.15, 0.2) is 0 Å². The lowest BCUT2D eigenvalue weighted by molar-refractivity contribution is 0.0765. The Labute approximate surface area is 98.4 Å². The second kappa shape index (κ2) is 4.67. The summed E-state index contributed by atoms with van der Waals surface area (Å²) in [5.74, 6) is -1.35. The average Bonchev–Trinajstić information content (AvgIpc) is 2.29. The Morgan fingerprint density at radius 2 is 2.53 bits per heavy atom. The maximum absolute atomic E-state index is 13.1. The summed E-state index contributed by atoms with van der Waals surface area (Å²) in [5.41, 5.74) is 4.77. The molecule has 2 heterocycles. The molecule has 1 aliphatic heterocycles. The standard InChI is InChI=1S/C11H14FN3O2/c1-15-3-2-7(15)6-17-8-4-9(11(13)16)10(12)14-5-8/h4-5,7H,2-3,6H2,1H3,(H2,13,16)/t7-/m1/s1. The summed E-state index contributed by atoms with van der Waals surface area (Å²) in [7, 11) is 2.01. The summed E-state index contributed by atoms with van der Waals surface area (Å²) in [6.45, 7) is 1.56. The molecule has 0 radical (unpaired) electrons. The maximum atomic E-state index is 13.1. The van der Waals surface area contributed by atoms with E-state index >= 15 is 0 Å². The number of pyridine rings is 1. The third-order valence-electron chi connectivity index (χ3n) is 2.96. The molecular formula is C11H14FN3O2. The van der Waals surface area contributed by atoms with Crippen molar-refractivity contribution in [3.05, 3.63) is 23.8 Å². The molecule has 0 saturated carbocycles. The summed E-state index contributed by atoms with van der Waals surface area (Å²) in [6.07, 6.45) is 2.33. The SMILES string of the molecule is CN1CC[C@@H]1COc1cnc(F)c(C(N)=O)c1. The first-order chi connectivity index (χ1) is 8.08. The van der Waals surface area contributed by atoms with E-state index in [0.717, 1.165) is 13.0 Å². The monoisotopic (exact) mass is 239 g/mol. The molecule has 92 valence electrons. The van der Waals surface area contributed by atoms with Crippen molar-refractivity contribution in [2.75, 3.05) is 20.2 Å². The first-order valence-corrected chi connectivity index (χ1v) is 5.36. The molecule has 1 aromatic rings. The van der Waals surface area contributed by atoms with E-state index in [-0.39, 0.29) is 5.56 Å². The van der Waals surface area contributed by atoms with Crippen LogP contribution in [-0.2, 0) is 0 Å². The predicted molar refractivity (Wildman–Crippen MR) is 59.2 cm³/mol. The molecule has 1 saturated heterocycles. The molecule has 1 aromatic heterocycles. The number of hydrogen-bond acceptors (Lipinski definition) is 4. The number of primary amides is 1. The minimum atomic E-state index is -0.870. The van der Waals surface area contributed by atoms with E-state index in [2.05, 4.69) is 9.88 Å². The average molecular weight is 239 g/mol. The van der Waals surface area contributed by atoms with Crippen LogP contribution < -0.4 is 10.5 Å². The number of rotatable bonds is 4. The highest BCUT2D eigenvalue weighted by molar-refractivity contribution is 5.93. The summed E-state index contributed by atoms with van der Waals surface area (Å²) >= 11 is 0. The van der Waals surface area contributed by atoms with Gasteiger partial charge in [0.2, 0.25) is 5.95 Å². The van der Waals surface area contributed by atoms with Crippen molar-refractivity contribution >= 4 is 5.91 Å². The van der Waals surface area contributed by atoms with E-state index in [9.17, 15) is 9.18 Å². The van der Waals surface area contributed by atoms with Gasteiger partial charge in [0.05, 0.1) is 11.8 Å². The van der Waals surface area contributed by atoms with Crippen molar-refractivity contribution < 1.29 is 13.9 Å². The normalized spacial score (nSPS) is 19.8. The molecule has 2 rings (SSSR count). The van der Waals surface area contributed by atoms with Gasteiger partial charge in [-0.3, -0.25) is 9.69 Å². The fraction of sp³-hybridized carbons (Fsp3) is 0.455. The minimum Gasteiger partial charge on any atom is -0.490 e. The van der Waals surface area contributed by atoms with Gasteiger partial charge in [0.25, 0.3) is 5.91 Å². The number of nitrogens with zero attached hydrogens (tertiary/aromatic N) is 2. The molecule has 0 aromatic carbocycles. The number of hydrogen-bond donors (Lipinski definition) is 1. The van der Waals surface area contributed by atoms with Gasteiger partial charge in [-0.1, -0.05) is 0 Å². The van der Waals surface area contributed by atoms with Crippen molar-refractivity contribution in [2.45, 2.75) is 12.5 Å². The zero-order valence-corrected chi connectivity index (χ0v) is 9.52. The van der Waals surface area contributed by atoms with Crippen LogP contribution in [0.5, 0.6) is 5.75 Å². The molecule has 0 spiro atoms. The largest absolute Gasteiger partial charge is 0.490 e. The number of halogens is 1. The van der Waals surface area contributed by atoms with Crippen LogP contribution >= 0.6 is 0 Å². The summed E-state index contributed by atoms with van der Waals surface area (Å²) in [5, 5.41) is 0. The molecule has 0 unspecified atom stereocenters. The summed E-state index contributed by atoms with van der Waals surface area (Å²) < 4.78 is 18.5. The van der Waals surface area contributed by atoms with Gasteiger partial charge < -0.3 is 10.5 Å². The van der Waals surface area contributed by atoms with Gasteiger partial charge >= 0.3 is 0 Å². The van der Waals surface area contributed by atoms with Crippen LogP contribution in [0, 0.1) is 5.95 Å². The number of carbonyl (C=O) groups is 1. The van der Waals surface area contributed by atoms with Gasteiger partial charge in [-0.15, -0.1) is 0 Å². The van der Waals surface area contributed by atoms with E-state index in [1.54, 1.807) is 0 Å². The van der Waals surface area contributed by atoms with Crippen molar-refractivity contribution in [2.24, 2.45) is 5.73 Å². The van der Waals surface area contributed by atoms with E-state index < -0.39 is 11.9 Å². The van der Waals surface area contributed by atoms with Gasteiger partial charge in [-0.05, 0) is 26.1 Å². The number of amides is 1. The predicted octanol–water partition coefficient (Wildman–Crippen LogP) is 0.402. The molecule has 1 fully saturated rings. The Morgan fingerprint density at radius 1 is 1.76 bits per heavy atom. The zero-order chi connectivity index (χ0) is 12.4. The Morgan fingerprint density at radius 3 is 3.06 bits per heavy atom. The van der Waals surface area contributed by atoms with Crippen LogP contribution in [-0.4, -0.2) is 42.0 Å². The summed E-state index contributed by atoms with van der Waals surface area (Å²) in [6, 6.07) is 1.65. The lowest BCUT2D eigenvalue weighted by atomic mass is 10.1. The lowest BCUT2D eigenvalue weighted by Crippen LogP contribution is -2.48. The van der Waals surface area contributed by atoms with E-state index in [0.29, 0.717) is 18.4 Å².